The number of carbonyl (C=O) groups is 1. The Balaban J connectivity index is 1.47. The quantitative estimate of drug-likeness (QED) is 0.654. The summed E-state index contributed by atoms with van der Waals surface area (Å²) in [6, 6.07) is 12.0. The lowest BCUT2D eigenvalue weighted by Crippen LogP contribution is -2.53. The Hall–Kier alpha value is -2.00. The summed E-state index contributed by atoms with van der Waals surface area (Å²) in [6.45, 7) is 3.55. The maximum atomic E-state index is 12.9. The summed E-state index contributed by atoms with van der Waals surface area (Å²) in [7, 11) is -3.84. The van der Waals surface area contributed by atoms with Gasteiger partial charge in [-0.05, 0) is 31.2 Å². The van der Waals surface area contributed by atoms with E-state index in [0.29, 0.717) is 13.2 Å². The third-order valence-corrected chi connectivity index (χ3v) is 7.57. The number of nitrogens with one attached hydrogen (secondary N) is 1. The van der Waals surface area contributed by atoms with Crippen LogP contribution in [0.25, 0.3) is 0 Å². The number of amides is 2. The van der Waals surface area contributed by atoms with Crippen LogP contribution in [0.4, 0.5) is 4.79 Å². The highest BCUT2D eigenvalue weighted by atomic mass is 35.5. The molecule has 1 fully saturated rings. The highest BCUT2D eigenvalue weighted by molar-refractivity contribution is 7.89. The summed E-state index contributed by atoms with van der Waals surface area (Å²) in [4.78, 5) is 13.8. The maximum absolute atomic E-state index is 12.9. The van der Waals surface area contributed by atoms with Crippen LogP contribution in [0.15, 0.2) is 47.4 Å². The van der Waals surface area contributed by atoms with E-state index in [0.717, 1.165) is 11.3 Å². The van der Waals surface area contributed by atoms with E-state index in [-0.39, 0.29) is 47.2 Å². The average Bonchev–Trinajstić information content (AvgIpc) is 2.72. The van der Waals surface area contributed by atoms with Gasteiger partial charge < -0.3 is 15.0 Å². The lowest BCUT2D eigenvalue weighted by molar-refractivity contribution is 0.170. The van der Waals surface area contributed by atoms with E-state index in [9.17, 15) is 13.2 Å². The second-order valence-electron chi connectivity index (χ2n) is 6.84. The molecule has 3 rings (SSSR count). The summed E-state index contributed by atoms with van der Waals surface area (Å²) in [5.41, 5.74) is 1.15. The van der Waals surface area contributed by atoms with E-state index in [2.05, 4.69) is 5.32 Å². The number of urea groups is 1. The molecule has 0 atom stereocenters. The first-order valence-electron chi connectivity index (χ1n) is 9.45. The molecule has 0 aliphatic carbocycles. The van der Waals surface area contributed by atoms with Gasteiger partial charge in [0.2, 0.25) is 10.0 Å². The zero-order chi connectivity index (χ0) is 21.7. The first-order chi connectivity index (χ1) is 14.3. The van der Waals surface area contributed by atoms with Crippen LogP contribution in [0.5, 0.6) is 5.75 Å². The van der Waals surface area contributed by atoms with Gasteiger partial charge in [0.25, 0.3) is 0 Å². The summed E-state index contributed by atoms with van der Waals surface area (Å²) in [6.07, 6.45) is 0. The minimum atomic E-state index is -3.84. The molecular weight excluding hydrogens is 449 g/mol. The Bertz CT molecular complexity index is 971. The normalized spacial score (nSPS) is 15.1. The molecule has 2 aromatic rings. The van der Waals surface area contributed by atoms with Crippen LogP contribution >= 0.6 is 23.2 Å². The fourth-order valence-corrected chi connectivity index (χ4v) is 5.58. The van der Waals surface area contributed by atoms with Crippen molar-refractivity contribution in [2.45, 2.75) is 11.8 Å². The van der Waals surface area contributed by atoms with Crippen LogP contribution < -0.4 is 10.1 Å². The number of ether oxygens (including phenoxy) is 1. The van der Waals surface area contributed by atoms with Crippen LogP contribution in [0.2, 0.25) is 10.0 Å². The molecule has 2 amide bonds. The summed E-state index contributed by atoms with van der Waals surface area (Å²) in [5.74, 6) is 0.743. The number of hydrogen-bond donors (Lipinski definition) is 1. The van der Waals surface area contributed by atoms with Crippen molar-refractivity contribution in [3.8, 4) is 5.75 Å². The molecule has 0 aromatic heterocycles. The molecule has 1 aliphatic heterocycles. The molecule has 0 radical (unpaired) electrons. The van der Waals surface area contributed by atoms with E-state index in [1.807, 2.05) is 31.2 Å². The zero-order valence-corrected chi connectivity index (χ0v) is 18.8. The van der Waals surface area contributed by atoms with Crippen LogP contribution in [0.3, 0.4) is 0 Å². The first kappa shape index (κ1) is 22.7. The monoisotopic (exact) mass is 471 g/mol. The Morgan fingerprint density at radius 1 is 1.03 bits per heavy atom. The first-order valence-corrected chi connectivity index (χ1v) is 11.6. The lowest BCUT2D eigenvalue weighted by Gasteiger charge is -2.34. The van der Waals surface area contributed by atoms with Crippen LogP contribution in [-0.4, -0.2) is 63.0 Å². The number of aryl methyl sites for hydroxylation is 1. The zero-order valence-electron chi connectivity index (χ0n) is 16.5. The molecule has 162 valence electrons. The Kier molecular flexibility index (Phi) is 7.46. The molecule has 0 saturated carbocycles. The Labute approximate surface area is 186 Å². The third-order valence-electron chi connectivity index (χ3n) is 4.71. The van der Waals surface area contributed by atoms with Gasteiger partial charge in [-0.3, -0.25) is 0 Å². The van der Waals surface area contributed by atoms with Gasteiger partial charge in [-0.15, -0.1) is 0 Å². The van der Waals surface area contributed by atoms with Gasteiger partial charge in [0.15, 0.2) is 0 Å². The van der Waals surface area contributed by atoms with E-state index in [1.165, 1.54) is 16.4 Å². The SMILES string of the molecule is Cc1ccc(OCCNC(=O)N2CCN(S(=O)(=O)c3c(Cl)cccc3Cl)CC2)cc1. The minimum Gasteiger partial charge on any atom is -0.492 e. The van der Waals surface area contributed by atoms with Crippen molar-refractivity contribution in [2.24, 2.45) is 0 Å². The summed E-state index contributed by atoms with van der Waals surface area (Å²) in [5, 5.41) is 2.95. The van der Waals surface area contributed by atoms with E-state index >= 15 is 0 Å². The number of nitrogens with zero attached hydrogens (tertiary/aromatic N) is 2. The van der Waals surface area contributed by atoms with Crippen LogP contribution in [0.1, 0.15) is 5.56 Å². The molecule has 7 nitrogen and oxygen atoms in total. The third kappa shape index (κ3) is 5.37. The fraction of sp³-hybridized carbons (Fsp3) is 0.350. The number of piperazine rings is 1. The molecule has 1 N–H and O–H groups in total. The molecule has 2 aromatic carbocycles. The van der Waals surface area contributed by atoms with E-state index in [1.54, 1.807) is 11.0 Å². The van der Waals surface area contributed by atoms with Gasteiger partial charge >= 0.3 is 6.03 Å². The van der Waals surface area contributed by atoms with Crippen LogP contribution in [-0.2, 0) is 10.0 Å². The maximum Gasteiger partial charge on any atom is 0.317 e. The molecule has 1 saturated heterocycles. The lowest BCUT2D eigenvalue weighted by atomic mass is 10.2. The van der Waals surface area contributed by atoms with Crippen molar-refractivity contribution >= 4 is 39.3 Å². The average molecular weight is 472 g/mol. The predicted octanol–water partition coefficient (Wildman–Crippen LogP) is 3.40. The molecular formula is C20H23Cl2N3O4S. The van der Waals surface area contributed by atoms with Crippen molar-refractivity contribution in [3.63, 3.8) is 0 Å². The van der Waals surface area contributed by atoms with Crippen molar-refractivity contribution in [1.29, 1.82) is 0 Å². The largest absolute Gasteiger partial charge is 0.492 e. The van der Waals surface area contributed by atoms with Crippen molar-refractivity contribution in [1.82, 2.24) is 14.5 Å². The van der Waals surface area contributed by atoms with Crippen LogP contribution in [0, 0.1) is 6.92 Å². The van der Waals surface area contributed by atoms with Gasteiger partial charge in [0.05, 0.1) is 16.6 Å². The van der Waals surface area contributed by atoms with Gasteiger partial charge in [0.1, 0.15) is 17.3 Å². The van der Waals surface area contributed by atoms with Crippen molar-refractivity contribution in [2.75, 3.05) is 39.3 Å². The number of hydrogen-bond acceptors (Lipinski definition) is 4. The van der Waals surface area contributed by atoms with Crippen molar-refractivity contribution in [3.05, 3.63) is 58.1 Å². The number of benzene rings is 2. The highest BCUT2D eigenvalue weighted by Crippen LogP contribution is 2.31. The smallest absolute Gasteiger partial charge is 0.317 e. The number of sulfonamides is 1. The molecule has 0 spiro atoms. The molecule has 30 heavy (non-hydrogen) atoms. The Morgan fingerprint density at radius 2 is 1.63 bits per heavy atom. The standard InChI is InChI=1S/C20H23Cl2N3O4S/c1-15-5-7-16(8-6-15)29-14-9-23-20(26)24-10-12-25(13-11-24)30(27,28)19-17(21)3-2-4-18(19)22/h2-8H,9-14H2,1H3,(H,23,26). The topological polar surface area (TPSA) is 79.0 Å². The fourth-order valence-electron chi connectivity index (χ4n) is 3.06. The van der Waals surface area contributed by atoms with Gasteiger partial charge in [0, 0.05) is 26.2 Å². The van der Waals surface area contributed by atoms with Gasteiger partial charge in [-0.1, -0.05) is 47.0 Å². The van der Waals surface area contributed by atoms with E-state index < -0.39 is 10.0 Å². The Morgan fingerprint density at radius 3 is 2.23 bits per heavy atom. The second kappa shape index (κ2) is 9.87. The minimum absolute atomic E-state index is 0.0799. The molecule has 0 unspecified atom stereocenters. The second-order valence-corrected chi connectivity index (χ2v) is 9.52. The number of halogens is 2. The summed E-state index contributed by atoms with van der Waals surface area (Å²) < 4.78 is 32.7. The van der Waals surface area contributed by atoms with Crippen molar-refractivity contribution < 1.29 is 17.9 Å². The molecule has 10 heteroatoms. The van der Waals surface area contributed by atoms with Gasteiger partial charge in [-0.25, -0.2) is 13.2 Å². The predicted molar refractivity (Wildman–Crippen MR) is 117 cm³/mol. The molecule has 1 aliphatic rings. The summed E-state index contributed by atoms with van der Waals surface area (Å²) >= 11 is 12.1. The molecule has 0 bridgehead atoms. The number of rotatable bonds is 6. The molecule has 1 heterocycles. The highest BCUT2D eigenvalue weighted by Gasteiger charge is 2.32. The number of carbonyl (C=O) groups excluding carboxylic acids is 1. The van der Waals surface area contributed by atoms with Gasteiger partial charge in [-0.2, -0.15) is 4.31 Å². The van der Waals surface area contributed by atoms with E-state index in [4.69, 9.17) is 27.9 Å².